The average molecular weight is 537 g/mol. The molecule has 1 aromatic rings. The maximum Gasteiger partial charge on any atom is 0.194 e. The summed E-state index contributed by atoms with van der Waals surface area (Å²) in [5.41, 5.74) is 1.03. The van der Waals surface area contributed by atoms with Crippen molar-refractivity contribution in [2.45, 2.75) is 19.9 Å². The minimum absolute atomic E-state index is 0. The van der Waals surface area contributed by atoms with Crippen molar-refractivity contribution < 1.29 is 24.1 Å². The molecule has 0 spiro atoms. The number of nitrogens with zero attached hydrogens (tertiary/aromatic N) is 2. The number of methoxy groups -OCH3 is 2. The van der Waals surface area contributed by atoms with Crippen molar-refractivity contribution in [3.8, 4) is 11.5 Å². The minimum Gasteiger partial charge on any atom is -0.493 e. The van der Waals surface area contributed by atoms with Crippen LogP contribution in [0.25, 0.3) is 0 Å². The highest BCUT2D eigenvalue weighted by Crippen LogP contribution is 2.28. The lowest BCUT2D eigenvalue weighted by Gasteiger charge is -2.22. The summed E-state index contributed by atoms with van der Waals surface area (Å²) in [5.74, 6) is 2.70. The summed E-state index contributed by atoms with van der Waals surface area (Å²) in [5, 5.41) is 12.3. The highest BCUT2D eigenvalue weighted by atomic mass is 127. The van der Waals surface area contributed by atoms with E-state index in [9.17, 15) is 0 Å². The molecule has 0 radical (unpaired) electrons. The lowest BCUT2D eigenvalue weighted by Crippen LogP contribution is -2.40. The first-order chi connectivity index (χ1) is 14.2. The monoisotopic (exact) mass is 537 g/mol. The highest BCUT2D eigenvalue weighted by Gasteiger charge is 2.25. The summed E-state index contributed by atoms with van der Waals surface area (Å²) in [4.78, 5) is 7.11. The van der Waals surface area contributed by atoms with Gasteiger partial charge in [-0.15, -0.1) is 24.0 Å². The van der Waals surface area contributed by atoms with Crippen molar-refractivity contribution in [2.75, 3.05) is 66.9 Å². The van der Waals surface area contributed by atoms with Crippen LogP contribution >= 0.6 is 24.0 Å². The Labute approximate surface area is 196 Å². The first-order valence-corrected chi connectivity index (χ1v) is 10.2. The number of ether oxygens (including phenoxy) is 4. The minimum atomic E-state index is -0.0322. The zero-order chi connectivity index (χ0) is 20.9. The topological polar surface area (TPSA) is 84.8 Å². The number of likely N-dealkylation sites (tertiary alicyclic amines) is 1. The molecule has 0 aliphatic carbocycles. The van der Waals surface area contributed by atoms with E-state index in [4.69, 9.17) is 29.0 Å². The zero-order valence-corrected chi connectivity index (χ0v) is 20.6. The van der Waals surface area contributed by atoms with Gasteiger partial charge >= 0.3 is 0 Å². The number of nitrogens with one attached hydrogen (secondary N) is 1. The molecule has 1 aliphatic heterocycles. The summed E-state index contributed by atoms with van der Waals surface area (Å²) < 4.78 is 21.6. The number of aliphatic hydroxyl groups is 1. The quantitative estimate of drug-likeness (QED) is 0.183. The Morgan fingerprint density at radius 2 is 2.07 bits per heavy atom. The van der Waals surface area contributed by atoms with Gasteiger partial charge in [-0.2, -0.15) is 0 Å². The number of hydrogen-bond donors (Lipinski definition) is 2. The third-order valence-corrected chi connectivity index (χ3v) is 4.69. The second-order valence-electron chi connectivity index (χ2n) is 6.90. The standard InChI is InChI=1S/C21H35N3O5.HI/c1-4-22-21(24-8-7-18(15-24)16-28-12-11-26-2)23-14-17-5-6-19(29-10-9-25)20(13-17)27-3;/h5-6,13,18,25H,4,7-12,14-16H2,1-3H3,(H,22,23);1H. The zero-order valence-electron chi connectivity index (χ0n) is 18.3. The van der Waals surface area contributed by atoms with Crippen molar-refractivity contribution >= 4 is 29.9 Å². The van der Waals surface area contributed by atoms with Crippen LogP contribution in [-0.2, 0) is 16.0 Å². The molecular formula is C21H36IN3O5. The van der Waals surface area contributed by atoms with E-state index in [0.29, 0.717) is 37.2 Å². The second kappa shape index (κ2) is 15.5. The van der Waals surface area contributed by atoms with Crippen LogP contribution in [0.1, 0.15) is 18.9 Å². The van der Waals surface area contributed by atoms with Crippen LogP contribution in [-0.4, -0.2) is 82.9 Å². The van der Waals surface area contributed by atoms with E-state index in [0.717, 1.165) is 44.2 Å². The molecule has 1 heterocycles. The van der Waals surface area contributed by atoms with Crippen LogP contribution in [0.2, 0.25) is 0 Å². The molecule has 8 nitrogen and oxygen atoms in total. The third kappa shape index (κ3) is 8.83. The van der Waals surface area contributed by atoms with E-state index in [1.165, 1.54) is 0 Å². The molecule has 9 heteroatoms. The normalized spacial score (nSPS) is 16.3. The van der Waals surface area contributed by atoms with Crippen molar-refractivity contribution in [1.29, 1.82) is 0 Å². The Hall–Kier alpha value is -1.30. The smallest absolute Gasteiger partial charge is 0.194 e. The number of hydrogen-bond acceptors (Lipinski definition) is 6. The fourth-order valence-corrected chi connectivity index (χ4v) is 3.23. The molecule has 1 aliphatic rings. The molecule has 1 saturated heterocycles. The molecule has 0 amide bonds. The summed E-state index contributed by atoms with van der Waals surface area (Å²) >= 11 is 0. The number of rotatable bonds is 12. The van der Waals surface area contributed by atoms with Gasteiger partial charge in [-0.3, -0.25) is 0 Å². The SMILES string of the molecule is CCNC(=NCc1ccc(OCCO)c(OC)c1)N1CCC(COCCOC)C1.I. The number of benzene rings is 1. The van der Waals surface area contributed by atoms with Gasteiger partial charge in [-0.1, -0.05) is 6.07 Å². The maximum absolute atomic E-state index is 8.93. The Bertz CT molecular complexity index is 633. The van der Waals surface area contributed by atoms with E-state index in [1.807, 2.05) is 18.2 Å². The number of aliphatic hydroxyl groups excluding tert-OH is 1. The number of halogens is 1. The second-order valence-corrected chi connectivity index (χ2v) is 6.90. The van der Waals surface area contributed by atoms with Crippen LogP contribution in [0.4, 0.5) is 0 Å². The van der Waals surface area contributed by atoms with Crippen molar-refractivity contribution in [3.05, 3.63) is 23.8 Å². The van der Waals surface area contributed by atoms with Crippen LogP contribution in [0.5, 0.6) is 11.5 Å². The molecule has 0 saturated carbocycles. The van der Waals surface area contributed by atoms with Gasteiger partial charge in [0.15, 0.2) is 17.5 Å². The molecule has 1 atom stereocenters. The van der Waals surface area contributed by atoms with Gasteiger partial charge in [0.05, 0.1) is 40.1 Å². The average Bonchev–Trinajstić information content (AvgIpc) is 3.21. The fourth-order valence-electron chi connectivity index (χ4n) is 3.23. The molecule has 1 aromatic carbocycles. The summed E-state index contributed by atoms with van der Waals surface area (Å²) in [6, 6.07) is 5.75. The number of aliphatic imine (C=N–C) groups is 1. The first-order valence-electron chi connectivity index (χ1n) is 10.2. The number of guanidine groups is 1. The molecule has 1 fully saturated rings. The Balaban J connectivity index is 0.00000450. The van der Waals surface area contributed by atoms with E-state index in [2.05, 4.69) is 17.1 Å². The lowest BCUT2D eigenvalue weighted by molar-refractivity contribution is 0.0536. The molecule has 30 heavy (non-hydrogen) atoms. The van der Waals surface area contributed by atoms with Crippen LogP contribution in [0.15, 0.2) is 23.2 Å². The lowest BCUT2D eigenvalue weighted by atomic mass is 10.1. The van der Waals surface area contributed by atoms with Gasteiger partial charge in [0.2, 0.25) is 0 Å². The van der Waals surface area contributed by atoms with Gasteiger partial charge < -0.3 is 34.3 Å². The van der Waals surface area contributed by atoms with E-state index < -0.39 is 0 Å². The molecular weight excluding hydrogens is 501 g/mol. The summed E-state index contributed by atoms with van der Waals surface area (Å²) in [6.45, 7) is 7.59. The first kappa shape index (κ1) is 26.7. The summed E-state index contributed by atoms with van der Waals surface area (Å²) in [6.07, 6.45) is 1.10. The third-order valence-electron chi connectivity index (χ3n) is 4.69. The predicted molar refractivity (Wildman–Crippen MR) is 128 cm³/mol. The highest BCUT2D eigenvalue weighted by molar-refractivity contribution is 14.0. The maximum atomic E-state index is 8.93. The van der Waals surface area contributed by atoms with E-state index >= 15 is 0 Å². The van der Waals surface area contributed by atoms with Gasteiger partial charge in [0.1, 0.15) is 6.61 Å². The van der Waals surface area contributed by atoms with Gasteiger partial charge in [-0.25, -0.2) is 4.99 Å². The molecule has 0 aromatic heterocycles. The van der Waals surface area contributed by atoms with Crippen LogP contribution in [0, 0.1) is 5.92 Å². The molecule has 0 bridgehead atoms. The Morgan fingerprint density at radius 1 is 1.23 bits per heavy atom. The van der Waals surface area contributed by atoms with E-state index in [1.54, 1.807) is 14.2 Å². The Kier molecular flexibility index (Phi) is 13.8. The van der Waals surface area contributed by atoms with Crippen molar-refractivity contribution in [1.82, 2.24) is 10.2 Å². The van der Waals surface area contributed by atoms with Crippen molar-refractivity contribution in [2.24, 2.45) is 10.9 Å². The van der Waals surface area contributed by atoms with Crippen LogP contribution < -0.4 is 14.8 Å². The molecule has 172 valence electrons. The van der Waals surface area contributed by atoms with Gasteiger partial charge in [0.25, 0.3) is 0 Å². The summed E-state index contributed by atoms with van der Waals surface area (Å²) in [7, 11) is 3.29. The fraction of sp³-hybridized carbons (Fsp3) is 0.667. The molecule has 1 unspecified atom stereocenters. The van der Waals surface area contributed by atoms with Gasteiger partial charge in [0, 0.05) is 32.7 Å². The van der Waals surface area contributed by atoms with E-state index in [-0.39, 0.29) is 37.2 Å². The van der Waals surface area contributed by atoms with Crippen molar-refractivity contribution in [3.63, 3.8) is 0 Å². The molecule has 2 N–H and O–H groups in total. The largest absolute Gasteiger partial charge is 0.493 e. The van der Waals surface area contributed by atoms with Gasteiger partial charge in [-0.05, 0) is 31.0 Å². The Morgan fingerprint density at radius 3 is 2.77 bits per heavy atom. The predicted octanol–water partition coefficient (Wildman–Crippen LogP) is 2.13. The van der Waals surface area contributed by atoms with Crippen LogP contribution in [0.3, 0.4) is 0 Å². The molecule has 2 rings (SSSR count).